The van der Waals surface area contributed by atoms with E-state index in [1.807, 2.05) is 24.3 Å². The third-order valence-electron chi connectivity index (χ3n) is 6.47. The minimum absolute atomic E-state index is 0.0727. The van der Waals surface area contributed by atoms with Crippen molar-refractivity contribution in [2.45, 2.75) is 13.0 Å². The predicted molar refractivity (Wildman–Crippen MR) is 150 cm³/mol. The zero-order valence-electron chi connectivity index (χ0n) is 21.6. The molecule has 0 atom stereocenters. The SMILES string of the molecule is COc1ccc(CCN(Cc2cc3cc4c(cc3[nH]c2=O)OCCO4)C(=O)Nc2ccccc2Cl)cc1OC. The molecule has 2 amide bonds. The molecule has 3 aromatic carbocycles. The van der Waals surface area contributed by atoms with Crippen molar-refractivity contribution in [1.82, 2.24) is 9.88 Å². The highest BCUT2D eigenvalue weighted by atomic mass is 35.5. The van der Waals surface area contributed by atoms with Gasteiger partial charge < -0.3 is 34.1 Å². The number of pyridine rings is 1. The fourth-order valence-corrected chi connectivity index (χ4v) is 4.60. The maximum atomic E-state index is 13.4. The normalized spacial score (nSPS) is 12.2. The molecule has 2 N–H and O–H groups in total. The first-order valence-corrected chi connectivity index (χ1v) is 12.8. The lowest BCUT2D eigenvalue weighted by Gasteiger charge is -2.24. The second kappa shape index (κ2) is 11.6. The molecular formula is C29H28ClN3O6. The molecule has 0 radical (unpaired) electrons. The Labute approximate surface area is 230 Å². The molecule has 0 saturated carbocycles. The second-order valence-electron chi connectivity index (χ2n) is 8.98. The Morgan fingerprint density at radius 1 is 1.00 bits per heavy atom. The number of aromatic nitrogens is 1. The monoisotopic (exact) mass is 549 g/mol. The van der Waals surface area contributed by atoms with Gasteiger partial charge in [0.15, 0.2) is 23.0 Å². The van der Waals surface area contributed by atoms with Crippen molar-refractivity contribution in [3.63, 3.8) is 0 Å². The van der Waals surface area contributed by atoms with Crippen molar-refractivity contribution < 1.29 is 23.7 Å². The van der Waals surface area contributed by atoms with Crippen molar-refractivity contribution in [2.75, 3.05) is 39.3 Å². The Balaban J connectivity index is 1.43. The van der Waals surface area contributed by atoms with Crippen LogP contribution in [0.25, 0.3) is 10.9 Å². The van der Waals surface area contributed by atoms with Gasteiger partial charge >= 0.3 is 6.03 Å². The maximum absolute atomic E-state index is 13.4. The summed E-state index contributed by atoms with van der Waals surface area (Å²) in [5, 5.41) is 4.06. The van der Waals surface area contributed by atoms with Crippen LogP contribution < -0.4 is 29.8 Å². The number of para-hydroxylation sites is 1. The van der Waals surface area contributed by atoms with Gasteiger partial charge in [-0.2, -0.15) is 0 Å². The average molecular weight is 550 g/mol. The van der Waals surface area contributed by atoms with Gasteiger partial charge in [-0.25, -0.2) is 4.79 Å². The fourth-order valence-electron chi connectivity index (χ4n) is 4.42. The van der Waals surface area contributed by atoms with E-state index in [4.69, 9.17) is 30.5 Å². The second-order valence-corrected chi connectivity index (χ2v) is 9.38. The highest BCUT2D eigenvalue weighted by molar-refractivity contribution is 6.33. The zero-order valence-corrected chi connectivity index (χ0v) is 22.3. The number of hydrogen-bond acceptors (Lipinski definition) is 6. The van der Waals surface area contributed by atoms with Gasteiger partial charge in [0.1, 0.15) is 13.2 Å². The Morgan fingerprint density at radius 3 is 2.49 bits per heavy atom. The quantitative estimate of drug-likeness (QED) is 0.311. The summed E-state index contributed by atoms with van der Waals surface area (Å²) in [6.07, 6.45) is 0.514. The number of benzene rings is 3. The summed E-state index contributed by atoms with van der Waals surface area (Å²) in [7, 11) is 3.15. The van der Waals surface area contributed by atoms with Crippen LogP contribution in [-0.4, -0.2) is 49.9 Å². The van der Waals surface area contributed by atoms with E-state index in [1.54, 1.807) is 55.5 Å². The van der Waals surface area contributed by atoms with Crippen LogP contribution in [0.4, 0.5) is 10.5 Å². The summed E-state index contributed by atoms with van der Waals surface area (Å²) >= 11 is 6.28. The van der Waals surface area contributed by atoms with Crippen LogP contribution >= 0.6 is 11.6 Å². The van der Waals surface area contributed by atoms with Crippen LogP contribution in [0, 0.1) is 0 Å². The average Bonchev–Trinajstić information content (AvgIpc) is 2.95. The number of anilines is 1. The van der Waals surface area contributed by atoms with Crippen LogP contribution in [0.1, 0.15) is 11.1 Å². The molecular weight excluding hydrogens is 522 g/mol. The van der Waals surface area contributed by atoms with Crippen molar-refractivity contribution >= 4 is 34.2 Å². The van der Waals surface area contributed by atoms with Gasteiger partial charge in [-0.15, -0.1) is 0 Å². The van der Waals surface area contributed by atoms with Gasteiger partial charge in [0.25, 0.3) is 5.56 Å². The number of ether oxygens (including phenoxy) is 4. The Hall–Kier alpha value is -4.37. The third kappa shape index (κ3) is 5.88. The fraction of sp³-hybridized carbons (Fsp3) is 0.241. The van der Waals surface area contributed by atoms with E-state index >= 15 is 0 Å². The van der Waals surface area contributed by atoms with Crippen LogP contribution in [0.15, 0.2) is 65.5 Å². The molecule has 5 rings (SSSR count). The number of halogens is 1. The van der Waals surface area contributed by atoms with Crippen molar-refractivity contribution in [3.8, 4) is 23.0 Å². The molecule has 10 heteroatoms. The Morgan fingerprint density at radius 2 is 1.74 bits per heavy atom. The topological polar surface area (TPSA) is 102 Å². The molecule has 202 valence electrons. The lowest BCUT2D eigenvalue weighted by atomic mass is 10.1. The third-order valence-corrected chi connectivity index (χ3v) is 6.80. The first kappa shape index (κ1) is 26.2. The zero-order chi connectivity index (χ0) is 27.4. The number of H-pyrrole nitrogens is 1. The number of methoxy groups -OCH3 is 2. The van der Waals surface area contributed by atoms with Gasteiger partial charge in [-0.3, -0.25) is 4.79 Å². The molecule has 9 nitrogen and oxygen atoms in total. The largest absolute Gasteiger partial charge is 0.493 e. The molecule has 1 aliphatic heterocycles. The number of urea groups is 1. The minimum Gasteiger partial charge on any atom is -0.493 e. The summed E-state index contributed by atoms with van der Waals surface area (Å²) in [4.78, 5) is 31.0. The number of nitrogens with zero attached hydrogens (tertiary/aromatic N) is 1. The molecule has 4 aromatic rings. The Kier molecular flexibility index (Phi) is 7.79. The first-order chi connectivity index (χ1) is 18.9. The number of aromatic amines is 1. The van der Waals surface area contributed by atoms with Gasteiger partial charge in [-0.1, -0.05) is 29.8 Å². The number of fused-ring (bicyclic) bond motifs is 2. The van der Waals surface area contributed by atoms with Crippen molar-refractivity contribution in [3.05, 3.63) is 87.2 Å². The van der Waals surface area contributed by atoms with Crippen LogP contribution in [-0.2, 0) is 13.0 Å². The summed E-state index contributed by atoms with van der Waals surface area (Å²) in [6.45, 7) is 1.31. The van der Waals surface area contributed by atoms with E-state index in [0.717, 1.165) is 10.9 Å². The number of carbonyl (C=O) groups excluding carboxylic acids is 1. The van der Waals surface area contributed by atoms with E-state index in [-0.39, 0.29) is 18.1 Å². The number of hydrogen-bond donors (Lipinski definition) is 2. The van der Waals surface area contributed by atoms with Crippen molar-refractivity contribution in [2.24, 2.45) is 0 Å². The number of nitrogens with one attached hydrogen (secondary N) is 2. The molecule has 0 bridgehead atoms. The lowest BCUT2D eigenvalue weighted by Crippen LogP contribution is -2.37. The predicted octanol–water partition coefficient (Wildman–Crippen LogP) is 5.25. The molecule has 0 fully saturated rings. The lowest BCUT2D eigenvalue weighted by molar-refractivity contribution is 0.172. The van der Waals surface area contributed by atoms with Gasteiger partial charge in [0.2, 0.25) is 0 Å². The number of carbonyl (C=O) groups is 1. The molecule has 0 saturated heterocycles. The summed E-state index contributed by atoms with van der Waals surface area (Å²) in [5.74, 6) is 2.43. The van der Waals surface area contributed by atoms with Gasteiger partial charge in [0, 0.05) is 23.6 Å². The summed E-state index contributed by atoms with van der Waals surface area (Å²) < 4.78 is 22.1. The van der Waals surface area contributed by atoms with E-state index < -0.39 is 0 Å². The standard InChI is InChI=1S/C29H28ClN3O6/c1-36-24-8-7-18(13-25(24)37-2)9-10-33(29(35)32-22-6-4-3-5-21(22)30)17-20-14-19-15-26-27(39-12-11-38-26)16-23(19)31-28(20)34/h3-8,13-16H,9-12,17H2,1-2H3,(H,31,34)(H,32,35). The summed E-state index contributed by atoms with van der Waals surface area (Å²) in [5.41, 5.74) is 2.20. The molecule has 0 aliphatic carbocycles. The summed E-state index contributed by atoms with van der Waals surface area (Å²) in [6, 6.07) is 17.6. The molecule has 2 heterocycles. The minimum atomic E-state index is -0.384. The first-order valence-electron chi connectivity index (χ1n) is 12.4. The molecule has 1 aliphatic rings. The smallest absolute Gasteiger partial charge is 0.322 e. The number of rotatable bonds is 8. The number of amides is 2. The molecule has 0 spiro atoms. The van der Waals surface area contributed by atoms with Crippen LogP contribution in [0.3, 0.4) is 0 Å². The van der Waals surface area contributed by atoms with Crippen LogP contribution in [0.5, 0.6) is 23.0 Å². The maximum Gasteiger partial charge on any atom is 0.322 e. The van der Waals surface area contributed by atoms with Gasteiger partial charge in [0.05, 0.1) is 37.0 Å². The van der Waals surface area contributed by atoms with E-state index in [2.05, 4.69) is 10.3 Å². The van der Waals surface area contributed by atoms with Gasteiger partial charge in [-0.05, 0) is 48.4 Å². The molecule has 0 unspecified atom stereocenters. The van der Waals surface area contributed by atoms with Crippen molar-refractivity contribution in [1.29, 1.82) is 0 Å². The highest BCUT2D eigenvalue weighted by Crippen LogP contribution is 2.34. The molecule has 39 heavy (non-hydrogen) atoms. The Bertz CT molecular complexity index is 1570. The van der Waals surface area contributed by atoms with E-state index in [9.17, 15) is 9.59 Å². The molecule has 1 aromatic heterocycles. The van der Waals surface area contributed by atoms with E-state index in [1.165, 1.54) is 0 Å². The highest BCUT2D eigenvalue weighted by Gasteiger charge is 2.19. The van der Waals surface area contributed by atoms with Crippen LogP contribution in [0.2, 0.25) is 5.02 Å². The van der Waals surface area contributed by atoms with E-state index in [0.29, 0.717) is 71.0 Å².